The quantitative estimate of drug-likeness (QED) is 0.835. The number of hydrogen-bond donors (Lipinski definition) is 1. The van der Waals surface area contributed by atoms with Gasteiger partial charge in [0.05, 0.1) is 18.5 Å². The Morgan fingerprint density at radius 1 is 1.31 bits per heavy atom. The van der Waals surface area contributed by atoms with Crippen LogP contribution in [-0.4, -0.2) is 14.7 Å². The second-order valence-electron chi connectivity index (χ2n) is 4.11. The number of aromatic nitrogens is 2. The third-order valence-corrected chi connectivity index (χ3v) is 2.87. The van der Waals surface area contributed by atoms with Gasteiger partial charge in [0.1, 0.15) is 5.82 Å². The highest BCUT2D eigenvalue weighted by Gasteiger charge is 2.09. The normalized spacial score (nSPS) is 10.8. The molecule has 2 rings (SSSR count). The maximum Gasteiger partial charge on any atom is 0.140 e. The van der Waals surface area contributed by atoms with E-state index in [0.29, 0.717) is 0 Å². The minimum Gasteiger partial charge on any atom is -0.390 e. The Labute approximate surface area is 95.4 Å². The van der Waals surface area contributed by atoms with Crippen LogP contribution in [0.2, 0.25) is 0 Å². The summed E-state index contributed by atoms with van der Waals surface area (Å²) in [7, 11) is 1.92. The molecule has 0 fully saturated rings. The van der Waals surface area contributed by atoms with Gasteiger partial charge in [0.25, 0.3) is 0 Å². The molecule has 0 amide bonds. The second-order valence-corrected chi connectivity index (χ2v) is 4.11. The summed E-state index contributed by atoms with van der Waals surface area (Å²) in [5.74, 6) is 0.904. The van der Waals surface area contributed by atoms with Crippen LogP contribution in [-0.2, 0) is 13.7 Å². The van der Waals surface area contributed by atoms with Crippen LogP contribution in [0.4, 0.5) is 0 Å². The van der Waals surface area contributed by atoms with Gasteiger partial charge in [0.2, 0.25) is 0 Å². The predicted molar refractivity (Wildman–Crippen MR) is 64.0 cm³/mol. The number of rotatable bonds is 2. The lowest BCUT2D eigenvalue weighted by molar-refractivity contribution is 0.273. The molecule has 0 spiro atoms. The van der Waals surface area contributed by atoms with E-state index in [9.17, 15) is 0 Å². The Morgan fingerprint density at radius 3 is 2.62 bits per heavy atom. The summed E-state index contributed by atoms with van der Waals surface area (Å²) in [6.07, 6.45) is 1.72. The van der Waals surface area contributed by atoms with Gasteiger partial charge in [-0.1, -0.05) is 23.8 Å². The number of imidazole rings is 1. The minimum atomic E-state index is 0.0222. The van der Waals surface area contributed by atoms with Gasteiger partial charge in [0.15, 0.2) is 0 Å². The summed E-state index contributed by atoms with van der Waals surface area (Å²) in [5, 5.41) is 9.13. The van der Waals surface area contributed by atoms with Crippen LogP contribution < -0.4 is 0 Å². The largest absolute Gasteiger partial charge is 0.390 e. The van der Waals surface area contributed by atoms with Gasteiger partial charge in [-0.25, -0.2) is 4.98 Å². The Morgan fingerprint density at radius 2 is 2.06 bits per heavy atom. The van der Waals surface area contributed by atoms with Gasteiger partial charge in [-0.15, -0.1) is 0 Å². The molecule has 84 valence electrons. The number of aliphatic hydroxyl groups is 1. The first kappa shape index (κ1) is 10.9. The number of benzene rings is 1. The molecule has 3 nitrogen and oxygen atoms in total. The van der Waals surface area contributed by atoms with Crippen molar-refractivity contribution >= 4 is 0 Å². The highest BCUT2D eigenvalue weighted by molar-refractivity contribution is 5.61. The lowest BCUT2D eigenvalue weighted by Gasteiger charge is -2.08. The lowest BCUT2D eigenvalue weighted by atomic mass is 10.1. The van der Waals surface area contributed by atoms with E-state index in [4.69, 9.17) is 5.11 Å². The monoisotopic (exact) mass is 216 g/mol. The Kier molecular flexibility index (Phi) is 2.79. The van der Waals surface area contributed by atoms with Gasteiger partial charge >= 0.3 is 0 Å². The van der Waals surface area contributed by atoms with E-state index < -0.39 is 0 Å². The Hall–Kier alpha value is -1.61. The van der Waals surface area contributed by atoms with Gasteiger partial charge in [-0.2, -0.15) is 0 Å². The molecule has 0 aliphatic heterocycles. The summed E-state index contributed by atoms with van der Waals surface area (Å²) in [5.41, 5.74) is 4.40. The van der Waals surface area contributed by atoms with E-state index in [1.54, 1.807) is 6.20 Å². The fourth-order valence-corrected chi connectivity index (χ4v) is 1.91. The molecule has 0 radical (unpaired) electrons. The molecule has 0 aliphatic carbocycles. The molecule has 0 saturated heterocycles. The van der Waals surface area contributed by atoms with Gasteiger partial charge in [0, 0.05) is 12.6 Å². The Bertz CT molecular complexity index is 515. The number of aliphatic hydroxyl groups excluding tert-OH is 1. The molecule has 0 bridgehead atoms. The molecule has 0 aliphatic rings. The number of aryl methyl sites for hydroxylation is 2. The van der Waals surface area contributed by atoms with E-state index in [2.05, 4.69) is 37.0 Å². The highest BCUT2D eigenvalue weighted by atomic mass is 16.3. The van der Waals surface area contributed by atoms with Crippen LogP contribution in [0.5, 0.6) is 0 Å². The van der Waals surface area contributed by atoms with Gasteiger partial charge in [-0.3, -0.25) is 0 Å². The summed E-state index contributed by atoms with van der Waals surface area (Å²) in [6, 6.07) is 6.30. The summed E-state index contributed by atoms with van der Waals surface area (Å²) in [4.78, 5) is 4.35. The lowest BCUT2D eigenvalue weighted by Crippen LogP contribution is -1.99. The van der Waals surface area contributed by atoms with Crippen molar-refractivity contribution in [2.24, 2.45) is 7.05 Å². The maximum atomic E-state index is 9.13. The molecule has 0 unspecified atom stereocenters. The van der Waals surface area contributed by atoms with Crippen molar-refractivity contribution in [1.29, 1.82) is 0 Å². The summed E-state index contributed by atoms with van der Waals surface area (Å²) in [6.45, 7) is 4.18. The zero-order valence-corrected chi connectivity index (χ0v) is 9.86. The van der Waals surface area contributed by atoms with E-state index >= 15 is 0 Å². The predicted octanol–water partition coefficient (Wildman–Crippen LogP) is 2.20. The standard InChI is InChI=1S/C13H16N2O/c1-9-4-5-12(10(2)6-9)13-14-7-11(8-16)15(13)3/h4-7,16H,8H2,1-3H3. The van der Waals surface area contributed by atoms with Crippen molar-refractivity contribution in [2.75, 3.05) is 0 Å². The fraction of sp³-hybridized carbons (Fsp3) is 0.308. The molecule has 2 aromatic rings. The molecule has 0 atom stereocenters. The molecule has 1 aromatic heterocycles. The van der Waals surface area contributed by atoms with Crippen LogP contribution in [0.1, 0.15) is 16.8 Å². The summed E-state index contributed by atoms with van der Waals surface area (Å²) >= 11 is 0. The minimum absolute atomic E-state index is 0.0222. The van der Waals surface area contributed by atoms with Crippen molar-refractivity contribution < 1.29 is 5.11 Å². The summed E-state index contributed by atoms with van der Waals surface area (Å²) < 4.78 is 1.93. The zero-order valence-electron chi connectivity index (χ0n) is 9.86. The van der Waals surface area contributed by atoms with E-state index in [0.717, 1.165) is 17.1 Å². The zero-order chi connectivity index (χ0) is 11.7. The Balaban J connectivity index is 2.54. The first-order valence-electron chi connectivity index (χ1n) is 5.32. The van der Waals surface area contributed by atoms with Gasteiger partial charge in [-0.05, 0) is 19.4 Å². The molecular formula is C13H16N2O. The second kappa shape index (κ2) is 4.10. The molecular weight excluding hydrogens is 200 g/mol. The molecule has 3 heteroatoms. The molecule has 1 N–H and O–H groups in total. The van der Waals surface area contributed by atoms with Crippen molar-refractivity contribution in [3.05, 3.63) is 41.2 Å². The number of nitrogens with zero attached hydrogens (tertiary/aromatic N) is 2. The fourth-order valence-electron chi connectivity index (χ4n) is 1.91. The van der Waals surface area contributed by atoms with Crippen molar-refractivity contribution in [1.82, 2.24) is 9.55 Å². The highest BCUT2D eigenvalue weighted by Crippen LogP contribution is 2.23. The van der Waals surface area contributed by atoms with Crippen molar-refractivity contribution in [2.45, 2.75) is 20.5 Å². The van der Waals surface area contributed by atoms with Gasteiger partial charge < -0.3 is 9.67 Å². The first-order valence-corrected chi connectivity index (χ1v) is 5.32. The van der Waals surface area contributed by atoms with Crippen LogP contribution in [0.25, 0.3) is 11.4 Å². The van der Waals surface area contributed by atoms with Crippen LogP contribution >= 0.6 is 0 Å². The molecule has 16 heavy (non-hydrogen) atoms. The average Bonchev–Trinajstić information content (AvgIpc) is 2.60. The number of hydrogen-bond acceptors (Lipinski definition) is 2. The maximum absolute atomic E-state index is 9.13. The SMILES string of the molecule is Cc1ccc(-c2ncc(CO)n2C)c(C)c1. The molecule has 1 heterocycles. The van der Waals surface area contributed by atoms with Crippen molar-refractivity contribution in [3.63, 3.8) is 0 Å². The first-order chi connectivity index (χ1) is 7.63. The third kappa shape index (κ3) is 1.74. The van der Waals surface area contributed by atoms with Crippen LogP contribution in [0.3, 0.4) is 0 Å². The van der Waals surface area contributed by atoms with E-state index in [1.807, 2.05) is 11.6 Å². The smallest absolute Gasteiger partial charge is 0.140 e. The molecule has 1 aromatic carbocycles. The van der Waals surface area contributed by atoms with E-state index in [1.165, 1.54) is 11.1 Å². The van der Waals surface area contributed by atoms with Crippen LogP contribution in [0.15, 0.2) is 24.4 Å². The topological polar surface area (TPSA) is 38.1 Å². The van der Waals surface area contributed by atoms with Crippen LogP contribution in [0, 0.1) is 13.8 Å². The average molecular weight is 216 g/mol. The van der Waals surface area contributed by atoms with E-state index in [-0.39, 0.29) is 6.61 Å². The van der Waals surface area contributed by atoms with Crippen molar-refractivity contribution in [3.8, 4) is 11.4 Å². The third-order valence-electron chi connectivity index (χ3n) is 2.87. The molecule has 0 saturated carbocycles.